The van der Waals surface area contributed by atoms with E-state index < -0.39 is 0 Å². The molecule has 0 aliphatic rings. The molecule has 0 amide bonds. The van der Waals surface area contributed by atoms with E-state index in [4.69, 9.17) is 4.74 Å². The fourth-order valence-corrected chi connectivity index (χ4v) is 1.31. The van der Waals surface area contributed by atoms with Gasteiger partial charge < -0.3 is 4.74 Å². The normalized spacial score (nSPS) is 12.5. The summed E-state index contributed by atoms with van der Waals surface area (Å²) in [6.45, 7) is 12.0. The van der Waals surface area contributed by atoms with Gasteiger partial charge in [-0.05, 0) is 26.8 Å². The van der Waals surface area contributed by atoms with E-state index in [1.54, 1.807) is 7.11 Å². The number of hydrogen-bond donors (Lipinski definition) is 0. The van der Waals surface area contributed by atoms with Crippen molar-refractivity contribution in [2.75, 3.05) is 26.8 Å². The van der Waals surface area contributed by atoms with E-state index in [1.807, 2.05) is 0 Å². The molecule has 0 fully saturated rings. The molecule has 2 nitrogen and oxygen atoms in total. The van der Waals surface area contributed by atoms with Crippen molar-refractivity contribution < 1.29 is 4.74 Å². The zero-order valence-corrected chi connectivity index (χ0v) is 9.18. The average Bonchev–Trinajstić information content (AvgIpc) is 2.05. The molecule has 0 aliphatic heterocycles. The van der Waals surface area contributed by atoms with Crippen LogP contribution in [0.4, 0.5) is 0 Å². The van der Waals surface area contributed by atoms with E-state index in [-0.39, 0.29) is 0 Å². The monoisotopic (exact) mass is 173 g/mol. The van der Waals surface area contributed by atoms with Crippen LogP contribution < -0.4 is 0 Å². The van der Waals surface area contributed by atoms with Crippen molar-refractivity contribution in [2.24, 2.45) is 0 Å². The third kappa shape index (κ3) is 3.55. The first-order valence-corrected chi connectivity index (χ1v) is 4.82. The molecule has 0 unspecified atom stereocenters. The van der Waals surface area contributed by atoms with Gasteiger partial charge in [0.2, 0.25) is 0 Å². The summed E-state index contributed by atoms with van der Waals surface area (Å²) in [6, 6.07) is 0. The largest absolute Gasteiger partial charge is 0.383 e. The Morgan fingerprint density at radius 2 is 1.83 bits per heavy atom. The number of likely N-dealkylation sites (N-methyl/N-ethyl adjacent to an activating group) is 1. The van der Waals surface area contributed by atoms with E-state index in [2.05, 4.69) is 32.6 Å². The maximum Gasteiger partial charge on any atom is 0.0589 e. The Balaban J connectivity index is 3.95. The van der Waals surface area contributed by atoms with Gasteiger partial charge in [-0.15, -0.1) is 0 Å². The van der Waals surface area contributed by atoms with Crippen molar-refractivity contribution in [2.45, 2.75) is 39.7 Å². The molecule has 0 rings (SSSR count). The van der Waals surface area contributed by atoms with Crippen LogP contribution in [0.25, 0.3) is 0 Å². The Kier molecular flexibility index (Phi) is 5.51. The Bertz CT molecular complexity index is 112. The molecular formula is C10H23NO. The molecule has 0 aromatic rings. The first kappa shape index (κ1) is 11.9. The summed E-state index contributed by atoms with van der Waals surface area (Å²) in [6.07, 6.45) is 1.19. The van der Waals surface area contributed by atoms with Gasteiger partial charge in [-0.2, -0.15) is 0 Å². The molecular weight excluding hydrogens is 150 g/mol. The van der Waals surface area contributed by atoms with Gasteiger partial charge in [-0.3, -0.25) is 4.90 Å². The average molecular weight is 173 g/mol. The van der Waals surface area contributed by atoms with Crippen LogP contribution in [0.2, 0.25) is 0 Å². The van der Waals surface area contributed by atoms with Crippen LogP contribution in [0.5, 0.6) is 0 Å². The number of hydrogen-bond acceptors (Lipinski definition) is 2. The highest BCUT2D eigenvalue weighted by atomic mass is 16.5. The van der Waals surface area contributed by atoms with Crippen molar-refractivity contribution in [3.8, 4) is 0 Å². The lowest BCUT2D eigenvalue weighted by molar-refractivity contribution is 0.0792. The maximum atomic E-state index is 5.07. The fraction of sp³-hybridized carbons (Fsp3) is 1.00. The van der Waals surface area contributed by atoms with Gasteiger partial charge in [0.05, 0.1) is 6.61 Å². The second-order valence-corrected chi connectivity index (χ2v) is 3.74. The Labute approximate surface area is 76.9 Å². The van der Waals surface area contributed by atoms with Crippen molar-refractivity contribution in [1.29, 1.82) is 0 Å². The molecule has 0 atom stereocenters. The van der Waals surface area contributed by atoms with Crippen LogP contribution in [-0.2, 0) is 4.74 Å². The minimum atomic E-state index is 0.313. The molecule has 0 aromatic heterocycles. The van der Waals surface area contributed by atoms with Crippen LogP contribution in [0.3, 0.4) is 0 Å². The quantitative estimate of drug-likeness (QED) is 0.610. The molecule has 0 radical (unpaired) electrons. The number of nitrogens with zero attached hydrogens (tertiary/aromatic N) is 1. The molecule has 0 aromatic carbocycles. The molecule has 0 saturated heterocycles. The van der Waals surface area contributed by atoms with E-state index in [0.29, 0.717) is 5.54 Å². The van der Waals surface area contributed by atoms with Crippen LogP contribution in [-0.4, -0.2) is 37.2 Å². The number of ether oxygens (including phenoxy) is 1. The highest BCUT2D eigenvalue weighted by Gasteiger charge is 2.22. The molecule has 0 N–H and O–H groups in total. The highest BCUT2D eigenvalue weighted by molar-refractivity contribution is 4.78. The molecule has 0 bridgehead atoms. The third-order valence-corrected chi connectivity index (χ3v) is 2.67. The van der Waals surface area contributed by atoms with Gasteiger partial charge in [-0.1, -0.05) is 13.8 Å². The van der Waals surface area contributed by atoms with Crippen LogP contribution >= 0.6 is 0 Å². The molecule has 0 saturated carbocycles. The summed E-state index contributed by atoms with van der Waals surface area (Å²) >= 11 is 0. The van der Waals surface area contributed by atoms with Gasteiger partial charge in [-0.25, -0.2) is 0 Å². The first-order valence-electron chi connectivity index (χ1n) is 4.82. The molecule has 2 heteroatoms. The summed E-state index contributed by atoms with van der Waals surface area (Å²) in [7, 11) is 1.76. The Morgan fingerprint density at radius 3 is 2.17 bits per heavy atom. The van der Waals surface area contributed by atoms with E-state index in [1.165, 1.54) is 6.42 Å². The zero-order valence-electron chi connectivity index (χ0n) is 9.18. The second-order valence-electron chi connectivity index (χ2n) is 3.74. The molecule has 74 valence electrons. The first-order chi connectivity index (χ1) is 5.58. The van der Waals surface area contributed by atoms with Crippen LogP contribution in [0.15, 0.2) is 0 Å². The summed E-state index contributed by atoms with van der Waals surface area (Å²) in [5.41, 5.74) is 0.313. The minimum Gasteiger partial charge on any atom is -0.383 e. The highest BCUT2D eigenvalue weighted by Crippen LogP contribution is 2.17. The predicted octanol–water partition coefficient (Wildman–Crippen LogP) is 2.14. The lowest BCUT2D eigenvalue weighted by Gasteiger charge is -2.37. The topological polar surface area (TPSA) is 12.5 Å². The summed E-state index contributed by atoms with van der Waals surface area (Å²) in [5, 5.41) is 0. The number of rotatable bonds is 6. The minimum absolute atomic E-state index is 0.313. The van der Waals surface area contributed by atoms with E-state index in [9.17, 15) is 0 Å². The zero-order chi connectivity index (χ0) is 9.61. The van der Waals surface area contributed by atoms with Crippen molar-refractivity contribution in [3.05, 3.63) is 0 Å². The molecule has 0 spiro atoms. The summed E-state index contributed by atoms with van der Waals surface area (Å²) in [5.74, 6) is 0. The van der Waals surface area contributed by atoms with Crippen molar-refractivity contribution >= 4 is 0 Å². The summed E-state index contributed by atoms with van der Waals surface area (Å²) < 4.78 is 5.07. The standard InChI is InChI=1S/C10H23NO/c1-6-10(3,4)11(7-2)8-9-12-5/h6-9H2,1-5H3. The van der Waals surface area contributed by atoms with Gasteiger partial charge in [0.15, 0.2) is 0 Å². The van der Waals surface area contributed by atoms with Gasteiger partial charge in [0.25, 0.3) is 0 Å². The SMILES string of the molecule is CCN(CCOC)C(C)(C)CC. The smallest absolute Gasteiger partial charge is 0.0589 e. The van der Waals surface area contributed by atoms with E-state index in [0.717, 1.165) is 19.7 Å². The molecule has 0 heterocycles. The van der Waals surface area contributed by atoms with Crippen LogP contribution in [0, 0.1) is 0 Å². The van der Waals surface area contributed by atoms with Crippen LogP contribution in [0.1, 0.15) is 34.1 Å². The summed E-state index contributed by atoms with van der Waals surface area (Å²) in [4.78, 5) is 2.45. The Hall–Kier alpha value is -0.0800. The van der Waals surface area contributed by atoms with E-state index >= 15 is 0 Å². The third-order valence-electron chi connectivity index (χ3n) is 2.67. The van der Waals surface area contributed by atoms with Gasteiger partial charge in [0.1, 0.15) is 0 Å². The predicted molar refractivity (Wildman–Crippen MR) is 53.5 cm³/mol. The maximum absolute atomic E-state index is 5.07. The fourth-order valence-electron chi connectivity index (χ4n) is 1.31. The lowest BCUT2D eigenvalue weighted by atomic mass is 9.99. The lowest BCUT2D eigenvalue weighted by Crippen LogP contribution is -2.44. The van der Waals surface area contributed by atoms with Gasteiger partial charge >= 0.3 is 0 Å². The molecule has 12 heavy (non-hydrogen) atoms. The van der Waals surface area contributed by atoms with Gasteiger partial charge in [0, 0.05) is 19.2 Å². The second kappa shape index (κ2) is 5.55. The molecule has 0 aliphatic carbocycles. The number of methoxy groups -OCH3 is 1. The van der Waals surface area contributed by atoms with Crippen molar-refractivity contribution in [3.63, 3.8) is 0 Å². The van der Waals surface area contributed by atoms with Crippen molar-refractivity contribution in [1.82, 2.24) is 4.90 Å². The Morgan fingerprint density at radius 1 is 1.25 bits per heavy atom.